The first-order valence-electron chi connectivity index (χ1n) is 10.5. The van der Waals surface area contributed by atoms with Crippen LogP contribution < -0.4 is 0 Å². The van der Waals surface area contributed by atoms with Crippen LogP contribution >= 0.6 is 0 Å². The number of furan rings is 1. The second-order valence-electron chi connectivity index (χ2n) is 7.65. The molecule has 0 unspecified atom stereocenters. The quantitative estimate of drug-likeness (QED) is 0.391. The molecule has 1 saturated heterocycles. The van der Waals surface area contributed by atoms with Crippen LogP contribution in [0.15, 0.2) is 29.0 Å². The molecule has 3 rings (SSSR count). The average molecular weight is 481 g/mol. The van der Waals surface area contributed by atoms with E-state index in [9.17, 15) is 19.5 Å². The predicted octanol–water partition coefficient (Wildman–Crippen LogP) is 0.509. The molecule has 0 aromatic carbocycles. The number of carbonyl (C=O) groups is 3. The van der Waals surface area contributed by atoms with Gasteiger partial charge in [0.15, 0.2) is 24.6 Å². The van der Waals surface area contributed by atoms with Crippen molar-refractivity contribution in [3.05, 3.63) is 36.0 Å². The molecular weight excluding hydrogens is 454 g/mol. The van der Waals surface area contributed by atoms with Gasteiger partial charge in [0.05, 0.1) is 31.8 Å². The number of hydrogen-bond donors (Lipinski definition) is 1. The van der Waals surface area contributed by atoms with Crippen molar-refractivity contribution in [2.75, 3.05) is 6.61 Å². The SMILES string of the molecule is CC(=O)O[C@H]1[C@@H](OC(C)=O)[C@H](C)O[C@@H](OCc2cn([C@@H](CO)c3ccco3)nn2)[C@@H]1OC(C)=O. The summed E-state index contributed by atoms with van der Waals surface area (Å²) in [4.78, 5) is 35.1. The first-order valence-corrected chi connectivity index (χ1v) is 10.5. The predicted molar refractivity (Wildman–Crippen MR) is 110 cm³/mol. The summed E-state index contributed by atoms with van der Waals surface area (Å²) >= 11 is 0. The number of aliphatic hydroxyl groups is 1. The van der Waals surface area contributed by atoms with Crippen LogP contribution in [0.3, 0.4) is 0 Å². The van der Waals surface area contributed by atoms with Crippen LogP contribution in [0.1, 0.15) is 45.2 Å². The number of aliphatic hydroxyl groups excluding tert-OH is 1. The Bertz CT molecular complexity index is 975. The van der Waals surface area contributed by atoms with E-state index >= 15 is 0 Å². The standard InChI is InChI=1S/C21H27N3O10/c1-11-18(32-12(2)26)19(33-13(3)27)20(34-14(4)28)21(31-11)30-10-15-8-24(23-22-15)16(9-25)17-6-5-7-29-17/h5-8,11,16,18-21,25H,9-10H2,1-4H3/t11-,16-,18-,19-,20+,21+/m0/s1. The molecule has 2 aromatic rings. The van der Waals surface area contributed by atoms with Crippen molar-refractivity contribution in [1.29, 1.82) is 0 Å². The summed E-state index contributed by atoms with van der Waals surface area (Å²) in [7, 11) is 0. The van der Waals surface area contributed by atoms with Crippen LogP contribution in [0, 0.1) is 0 Å². The fourth-order valence-corrected chi connectivity index (χ4v) is 3.59. The fraction of sp³-hybridized carbons (Fsp3) is 0.571. The van der Waals surface area contributed by atoms with E-state index in [1.54, 1.807) is 25.3 Å². The Kier molecular flexibility index (Phi) is 8.36. The maximum atomic E-state index is 11.8. The van der Waals surface area contributed by atoms with Crippen molar-refractivity contribution in [3.63, 3.8) is 0 Å². The molecule has 2 aromatic heterocycles. The lowest BCUT2D eigenvalue weighted by molar-refractivity contribution is -0.303. The highest BCUT2D eigenvalue weighted by Gasteiger charge is 2.51. The number of hydrogen-bond acceptors (Lipinski definition) is 12. The van der Waals surface area contributed by atoms with Crippen molar-refractivity contribution in [2.24, 2.45) is 0 Å². The van der Waals surface area contributed by atoms with E-state index < -0.39 is 54.7 Å². The maximum Gasteiger partial charge on any atom is 0.303 e. The second-order valence-corrected chi connectivity index (χ2v) is 7.65. The van der Waals surface area contributed by atoms with Gasteiger partial charge in [-0.3, -0.25) is 14.4 Å². The second kappa shape index (κ2) is 11.2. The molecule has 0 amide bonds. The lowest BCUT2D eigenvalue weighted by atomic mass is 9.99. The molecule has 13 heteroatoms. The van der Waals surface area contributed by atoms with Crippen LogP contribution in [0.4, 0.5) is 0 Å². The third kappa shape index (κ3) is 6.18. The Labute approximate surface area is 194 Å². The number of esters is 3. The minimum absolute atomic E-state index is 0.115. The molecule has 0 aliphatic carbocycles. The van der Waals surface area contributed by atoms with E-state index in [0.717, 1.165) is 0 Å². The minimum atomic E-state index is -1.22. The summed E-state index contributed by atoms with van der Waals surface area (Å²) in [5.41, 5.74) is 0.383. The Morgan fingerprint density at radius 1 is 1.09 bits per heavy atom. The van der Waals surface area contributed by atoms with E-state index in [1.807, 2.05) is 0 Å². The highest BCUT2D eigenvalue weighted by Crippen LogP contribution is 2.30. The molecule has 13 nitrogen and oxygen atoms in total. The Hall–Kier alpha value is -3.29. The van der Waals surface area contributed by atoms with Gasteiger partial charge < -0.3 is 33.2 Å². The molecule has 6 atom stereocenters. The molecule has 34 heavy (non-hydrogen) atoms. The highest BCUT2D eigenvalue weighted by molar-refractivity contribution is 5.68. The largest absolute Gasteiger partial charge is 0.467 e. The molecule has 1 N–H and O–H groups in total. The molecule has 0 saturated carbocycles. The van der Waals surface area contributed by atoms with Crippen molar-refractivity contribution >= 4 is 17.9 Å². The van der Waals surface area contributed by atoms with E-state index in [1.165, 1.54) is 31.7 Å². The topological polar surface area (TPSA) is 161 Å². The smallest absolute Gasteiger partial charge is 0.303 e. The molecule has 186 valence electrons. The molecule has 1 aliphatic rings. The number of carbonyl (C=O) groups excluding carboxylic acids is 3. The molecule has 1 fully saturated rings. The van der Waals surface area contributed by atoms with Gasteiger partial charge in [0.1, 0.15) is 17.5 Å². The lowest BCUT2D eigenvalue weighted by Crippen LogP contribution is -2.61. The maximum absolute atomic E-state index is 11.8. The first-order chi connectivity index (χ1) is 16.2. The summed E-state index contributed by atoms with van der Waals surface area (Å²) in [5, 5.41) is 17.7. The molecule has 0 bridgehead atoms. The summed E-state index contributed by atoms with van der Waals surface area (Å²) < 4.78 is 34.3. The third-order valence-electron chi connectivity index (χ3n) is 4.95. The summed E-state index contributed by atoms with van der Waals surface area (Å²) in [5.74, 6) is -1.46. The van der Waals surface area contributed by atoms with Gasteiger partial charge in [-0.1, -0.05) is 5.21 Å². The van der Waals surface area contributed by atoms with Crippen LogP contribution in [0.2, 0.25) is 0 Å². The van der Waals surface area contributed by atoms with Gasteiger partial charge in [0.2, 0.25) is 0 Å². The van der Waals surface area contributed by atoms with Gasteiger partial charge in [0, 0.05) is 20.8 Å². The number of aromatic nitrogens is 3. The van der Waals surface area contributed by atoms with Crippen LogP contribution in [-0.2, 0) is 44.7 Å². The number of nitrogens with zero attached hydrogens (tertiary/aromatic N) is 3. The van der Waals surface area contributed by atoms with Gasteiger partial charge in [-0.2, -0.15) is 0 Å². The fourth-order valence-electron chi connectivity index (χ4n) is 3.59. The summed E-state index contributed by atoms with van der Waals surface area (Å²) in [6, 6.07) is 2.82. The van der Waals surface area contributed by atoms with Crippen molar-refractivity contribution in [3.8, 4) is 0 Å². The van der Waals surface area contributed by atoms with E-state index in [0.29, 0.717) is 11.5 Å². The number of ether oxygens (including phenoxy) is 5. The van der Waals surface area contributed by atoms with Crippen LogP contribution in [-0.4, -0.2) is 75.3 Å². The molecular formula is C21H27N3O10. The zero-order valence-corrected chi connectivity index (χ0v) is 19.2. The highest BCUT2D eigenvalue weighted by atomic mass is 16.7. The van der Waals surface area contributed by atoms with E-state index in [-0.39, 0.29) is 13.2 Å². The van der Waals surface area contributed by atoms with E-state index in [4.69, 9.17) is 28.1 Å². The van der Waals surface area contributed by atoms with Gasteiger partial charge in [-0.25, -0.2) is 4.68 Å². The zero-order valence-electron chi connectivity index (χ0n) is 19.2. The zero-order chi connectivity index (χ0) is 24.8. The lowest BCUT2D eigenvalue weighted by Gasteiger charge is -2.43. The normalized spacial score (nSPS) is 25.4. The summed E-state index contributed by atoms with van der Waals surface area (Å²) in [6.45, 7) is 4.78. The third-order valence-corrected chi connectivity index (χ3v) is 4.95. The van der Waals surface area contributed by atoms with E-state index in [2.05, 4.69) is 10.3 Å². The van der Waals surface area contributed by atoms with Crippen LogP contribution in [0.25, 0.3) is 0 Å². The summed E-state index contributed by atoms with van der Waals surface area (Å²) in [6.07, 6.45) is -2.28. The molecule has 3 heterocycles. The van der Waals surface area contributed by atoms with Gasteiger partial charge in [-0.05, 0) is 19.1 Å². The Morgan fingerprint density at radius 2 is 1.74 bits per heavy atom. The molecule has 0 radical (unpaired) electrons. The van der Waals surface area contributed by atoms with Gasteiger partial charge >= 0.3 is 17.9 Å². The Morgan fingerprint density at radius 3 is 2.32 bits per heavy atom. The van der Waals surface area contributed by atoms with Crippen molar-refractivity contribution in [1.82, 2.24) is 15.0 Å². The number of rotatable bonds is 9. The molecule has 1 aliphatic heterocycles. The van der Waals surface area contributed by atoms with Crippen molar-refractivity contribution in [2.45, 2.75) is 71.0 Å². The first kappa shape index (κ1) is 25.3. The Balaban J connectivity index is 1.77. The van der Waals surface area contributed by atoms with Gasteiger partial charge in [-0.15, -0.1) is 5.10 Å². The molecule has 0 spiro atoms. The monoisotopic (exact) mass is 481 g/mol. The van der Waals surface area contributed by atoms with Crippen molar-refractivity contribution < 1.29 is 47.6 Å². The van der Waals surface area contributed by atoms with Crippen LogP contribution in [0.5, 0.6) is 0 Å². The van der Waals surface area contributed by atoms with Gasteiger partial charge in [0.25, 0.3) is 0 Å². The minimum Gasteiger partial charge on any atom is -0.467 e. The average Bonchev–Trinajstić information content (AvgIpc) is 3.44.